The summed E-state index contributed by atoms with van der Waals surface area (Å²) in [6, 6.07) is 8.08. The molecule has 0 atom stereocenters. The van der Waals surface area contributed by atoms with Crippen molar-refractivity contribution in [2.75, 3.05) is 0 Å². The van der Waals surface area contributed by atoms with Gasteiger partial charge in [-0.25, -0.2) is 0 Å². The Bertz CT molecular complexity index is 590. The van der Waals surface area contributed by atoms with Gasteiger partial charge in [0.1, 0.15) is 0 Å². The first kappa shape index (κ1) is 11.9. The number of fused-ring (bicyclic) bond motifs is 1. The molecule has 0 amide bonds. The maximum Gasteiger partial charge on any atom is 0.416 e. The Morgan fingerprint density at radius 3 is 2.35 bits per heavy atom. The zero-order valence-electron chi connectivity index (χ0n) is 8.38. The van der Waals surface area contributed by atoms with Gasteiger partial charge in [0.2, 0.25) is 0 Å². The summed E-state index contributed by atoms with van der Waals surface area (Å²) in [6.45, 7) is 0. The third kappa shape index (κ3) is 2.26. The van der Waals surface area contributed by atoms with Crippen LogP contribution in [-0.2, 0) is 6.18 Å². The van der Waals surface area contributed by atoms with Crippen molar-refractivity contribution >= 4 is 27.6 Å². The van der Waals surface area contributed by atoms with Gasteiger partial charge < -0.3 is 0 Å². The van der Waals surface area contributed by atoms with Gasteiger partial charge in [-0.3, -0.25) is 4.79 Å². The minimum Gasteiger partial charge on any atom is -0.276 e. The Morgan fingerprint density at radius 2 is 1.76 bits per heavy atom. The molecule has 2 rings (SSSR count). The van der Waals surface area contributed by atoms with Crippen molar-refractivity contribution in [1.82, 2.24) is 0 Å². The van der Waals surface area contributed by atoms with E-state index in [4.69, 9.17) is 11.6 Å². The van der Waals surface area contributed by atoms with E-state index in [0.717, 1.165) is 12.1 Å². The van der Waals surface area contributed by atoms with E-state index >= 15 is 0 Å². The predicted molar refractivity (Wildman–Crippen MR) is 59.1 cm³/mol. The summed E-state index contributed by atoms with van der Waals surface area (Å²) in [4.78, 5) is 11.1. The number of hydrogen-bond donors (Lipinski definition) is 0. The summed E-state index contributed by atoms with van der Waals surface area (Å²) in [5.74, 6) is 0. The fourth-order valence-corrected chi connectivity index (χ4v) is 1.79. The van der Waals surface area contributed by atoms with Crippen LogP contribution in [0.5, 0.6) is 0 Å². The van der Waals surface area contributed by atoms with Crippen LogP contribution in [0.2, 0.25) is 0 Å². The van der Waals surface area contributed by atoms with E-state index in [-0.39, 0.29) is 5.56 Å². The number of hydrogen-bond acceptors (Lipinski definition) is 1. The average Bonchev–Trinajstić information content (AvgIpc) is 2.26. The molecular weight excluding hydrogens is 253 g/mol. The third-order valence-corrected chi connectivity index (χ3v) is 2.60. The topological polar surface area (TPSA) is 17.1 Å². The van der Waals surface area contributed by atoms with Crippen LogP contribution in [0.3, 0.4) is 0 Å². The Labute approximate surface area is 99.8 Å². The van der Waals surface area contributed by atoms with E-state index in [2.05, 4.69) is 0 Å². The lowest BCUT2D eigenvalue weighted by molar-refractivity contribution is -0.137. The molecule has 2 aromatic carbocycles. The highest BCUT2D eigenvalue weighted by Crippen LogP contribution is 2.33. The molecular formula is C12H6ClF3O. The fraction of sp³-hybridized carbons (Fsp3) is 0.0833. The van der Waals surface area contributed by atoms with E-state index in [0.29, 0.717) is 10.8 Å². The van der Waals surface area contributed by atoms with Crippen LogP contribution >= 0.6 is 11.6 Å². The minimum atomic E-state index is -4.49. The van der Waals surface area contributed by atoms with Crippen LogP contribution < -0.4 is 0 Å². The second-order valence-electron chi connectivity index (χ2n) is 3.52. The second-order valence-corrected chi connectivity index (χ2v) is 3.86. The quantitative estimate of drug-likeness (QED) is 0.699. The smallest absolute Gasteiger partial charge is 0.276 e. The third-order valence-electron chi connectivity index (χ3n) is 2.40. The molecule has 5 heteroatoms. The Hall–Kier alpha value is -1.55. The standard InChI is InChI=1S/C12H6ClF3O/c13-11(17)10-6-8(12(14,15)16)5-7-3-1-2-4-9(7)10/h1-6H. The summed E-state index contributed by atoms with van der Waals surface area (Å²) in [5.41, 5.74) is -1.00. The first-order valence-electron chi connectivity index (χ1n) is 4.69. The zero-order valence-corrected chi connectivity index (χ0v) is 9.14. The van der Waals surface area contributed by atoms with Crippen molar-refractivity contribution in [3.8, 4) is 0 Å². The van der Waals surface area contributed by atoms with Crippen LogP contribution in [0.15, 0.2) is 36.4 Å². The van der Waals surface area contributed by atoms with Crippen molar-refractivity contribution in [2.45, 2.75) is 6.18 Å². The maximum absolute atomic E-state index is 12.6. The molecule has 0 aromatic heterocycles. The van der Waals surface area contributed by atoms with Crippen LogP contribution in [0, 0.1) is 0 Å². The zero-order chi connectivity index (χ0) is 12.6. The first-order chi connectivity index (χ1) is 7.89. The van der Waals surface area contributed by atoms with Crippen LogP contribution in [0.4, 0.5) is 13.2 Å². The largest absolute Gasteiger partial charge is 0.416 e. The highest BCUT2D eigenvalue weighted by atomic mass is 35.5. The molecule has 17 heavy (non-hydrogen) atoms. The van der Waals surface area contributed by atoms with Crippen LogP contribution in [0.1, 0.15) is 15.9 Å². The van der Waals surface area contributed by atoms with Crippen molar-refractivity contribution in [1.29, 1.82) is 0 Å². The molecule has 88 valence electrons. The predicted octanol–water partition coefficient (Wildman–Crippen LogP) is 4.24. The average molecular weight is 259 g/mol. The minimum absolute atomic E-state index is 0.128. The molecule has 0 unspecified atom stereocenters. The molecule has 0 aliphatic heterocycles. The van der Waals surface area contributed by atoms with E-state index in [1.54, 1.807) is 18.2 Å². The van der Waals surface area contributed by atoms with Gasteiger partial charge in [0.25, 0.3) is 5.24 Å². The number of benzene rings is 2. The van der Waals surface area contributed by atoms with Gasteiger partial charge in [-0.2, -0.15) is 13.2 Å². The molecule has 0 spiro atoms. The summed E-state index contributed by atoms with van der Waals surface area (Å²) in [6.07, 6.45) is -4.49. The highest BCUT2D eigenvalue weighted by molar-refractivity contribution is 6.68. The highest BCUT2D eigenvalue weighted by Gasteiger charge is 2.31. The van der Waals surface area contributed by atoms with E-state index < -0.39 is 17.0 Å². The maximum atomic E-state index is 12.6. The van der Waals surface area contributed by atoms with E-state index in [1.807, 2.05) is 0 Å². The number of carbonyl (C=O) groups excluding carboxylic acids is 1. The van der Waals surface area contributed by atoms with E-state index in [1.165, 1.54) is 6.07 Å². The van der Waals surface area contributed by atoms with Gasteiger partial charge >= 0.3 is 6.18 Å². The van der Waals surface area contributed by atoms with Gasteiger partial charge in [-0.1, -0.05) is 24.3 Å². The Kier molecular flexibility index (Phi) is 2.83. The number of halogens is 4. The van der Waals surface area contributed by atoms with E-state index in [9.17, 15) is 18.0 Å². The molecule has 0 aliphatic carbocycles. The monoisotopic (exact) mass is 258 g/mol. The van der Waals surface area contributed by atoms with Crippen molar-refractivity contribution in [2.24, 2.45) is 0 Å². The van der Waals surface area contributed by atoms with Gasteiger partial charge in [0, 0.05) is 5.56 Å². The summed E-state index contributed by atoms with van der Waals surface area (Å²) in [5, 5.41) is -0.140. The van der Waals surface area contributed by atoms with Gasteiger partial charge in [-0.15, -0.1) is 0 Å². The first-order valence-corrected chi connectivity index (χ1v) is 5.07. The van der Waals surface area contributed by atoms with Crippen LogP contribution in [-0.4, -0.2) is 5.24 Å². The summed E-state index contributed by atoms with van der Waals surface area (Å²) >= 11 is 5.30. The molecule has 0 bridgehead atoms. The van der Waals surface area contributed by atoms with Crippen molar-refractivity contribution in [3.05, 3.63) is 47.5 Å². The Balaban J connectivity index is 2.81. The number of alkyl halides is 3. The number of carbonyl (C=O) groups is 1. The van der Waals surface area contributed by atoms with Gasteiger partial charge in [0.15, 0.2) is 0 Å². The normalized spacial score (nSPS) is 11.8. The molecule has 0 fully saturated rings. The van der Waals surface area contributed by atoms with Crippen molar-refractivity contribution < 1.29 is 18.0 Å². The Morgan fingerprint density at radius 1 is 1.12 bits per heavy atom. The lowest BCUT2D eigenvalue weighted by atomic mass is 10.0. The van der Waals surface area contributed by atoms with Gasteiger partial charge in [0.05, 0.1) is 5.56 Å². The lowest BCUT2D eigenvalue weighted by Gasteiger charge is -2.10. The molecule has 1 nitrogen and oxygen atoms in total. The molecule has 0 aliphatic rings. The molecule has 0 radical (unpaired) electrons. The molecule has 0 saturated heterocycles. The number of rotatable bonds is 1. The van der Waals surface area contributed by atoms with Crippen molar-refractivity contribution in [3.63, 3.8) is 0 Å². The molecule has 0 heterocycles. The lowest BCUT2D eigenvalue weighted by Crippen LogP contribution is -2.06. The fourth-order valence-electron chi connectivity index (χ4n) is 1.64. The van der Waals surface area contributed by atoms with Crippen LogP contribution in [0.25, 0.3) is 10.8 Å². The summed E-state index contributed by atoms with van der Waals surface area (Å²) in [7, 11) is 0. The molecule has 0 saturated carbocycles. The molecule has 2 aromatic rings. The molecule has 0 N–H and O–H groups in total. The second kappa shape index (κ2) is 4.04. The summed E-state index contributed by atoms with van der Waals surface area (Å²) < 4.78 is 37.8. The SMILES string of the molecule is O=C(Cl)c1cc(C(F)(F)F)cc2ccccc12. The van der Waals surface area contributed by atoms with Gasteiger partial charge in [-0.05, 0) is 34.5 Å².